The maximum atomic E-state index is 11.9. The van der Waals surface area contributed by atoms with Crippen LogP contribution in [-0.4, -0.2) is 11.6 Å². The van der Waals surface area contributed by atoms with E-state index in [0.29, 0.717) is 29.6 Å². The van der Waals surface area contributed by atoms with Gasteiger partial charge < -0.3 is 0 Å². The Bertz CT molecular complexity index is 883. The first-order valence-corrected chi connectivity index (χ1v) is 11.9. The number of hydrogen-bond donors (Lipinski definition) is 0. The normalized spacial score (nSPS) is 11.8. The van der Waals surface area contributed by atoms with E-state index >= 15 is 0 Å². The van der Waals surface area contributed by atoms with Crippen LogP contribution in [0.3, 0.4) is 0 Å². The summed E-state index contributed by atoms with van der Waals surface area (Å²) in [5.41, 5.74) is 5.13. The lowest BCUT2D eigenvalue weighted by Crippen LogP contribution is -2.09. The van der Waals surface area contributed by atoms with E-state index in [0.717, 1.165) is 28.7 Å². The lowest BCUT2D eigenvalue weighted by molar-refractivity contribution is -0.119. The lowest BCUT2D eigenvalue weighted by Gasteiger charge is -2.14. The molecule has 0 bridgehead atoms. The Kier molecular flexibility index (Phi) is 15.0. The van der Waals surface area contributed by atoms with E-state index in [1.54, 1.807) is 13.0 Å². The second-order valence-electron chi connectivity index (χ2n) is 9.14. The van der Waals surface area contributed by atoms with Crippen LogP contribution in [0.5, 0.6) is 0 Å². The van der Waals surface area contributed by atoms with Gasteiger partial charge in [0.05, 0.1) is 0 Å². The van der Waals surface area contributed by atoms with Gasteiger partial charge >= 0.3 is 0 Å². The standard InChI is InChI=1S/C17H24O2.C13H17Cl/c1-12(2)9-10-15(19)11-13(3)16-7-5-6-8-17(16)14(4)18;1-10(2)6-8-13(11(3)4)9-7-12(5)14/h5-8,12-13H,9-11H2,1-4H3;6-9H,1,5H2,2-4H3/b;8-6-,9-7-. The second-order valence-corrected chi connectivity index (χ2v) is 9.62. The summed E-state index contributed by atoms with van der Waals surface area (Å²) in [5.74, 6) is 1.03. The van der Waals surface area contributed by atoms with Crippen molar-refractivity contribution in [3.05, 3.63) is 94.6 Å². The molecular weight excluding hydrogens is 428 g/mol. The van der Waals surface area contributed by atoms with Gasteiger partial charge in [0.25, 0.3) is 0 Å². The number of rotatable bonds is 11. The van der Waals surface area contributed by atoms with Crippen molar-refractivity contribution >= 4 is 23.2 Å². The van der Waals surface area contributed by atoms with Crippen LogP contribution in [0, 0.1) is 5.92 Å². The Morgan fingerprint density at radius 1 is 0.939 bits per heavy atom. The molecule has 0 saturated carbocycles. The van der Waals surface area contributed by atoms with Gasteiger partial charge in [-0.25, -0.2) is 0 Å². The molecule has 0 amide bonds. The minimum Gasteiger partial charge on any atom is -0.300 e. The number of ketones is 2. The van der Waals surface area contributed by atoms with E-state index in [4.69, 9.17) is 11.6 Å². The summed E-state index contributed by atoms with van der Waals surface area (Å²) in [6.07, 6.45) is 9.84. The van der Waals surface area contributed by atoms with Crippen LogP contribution in [0.2, 0.25) is 0 Å². The predicted molar refractivity (Wildman–Crippen MR) is 145 cm³/mol. The minimum absolute atomic E-state index is 0.0667. The van der Waals surface area contributed by atoms with Gasteiger partial charge in [0.15, 0.2) is 5.78 Å². The van der Waals surface area contributed by atoms with Crippen molar-refractivity contribution in [2.75, 3.05) is 0 Å². The van der Waals surface area contributed by atoms with Crippen molar-refractivity contribution in [2.24, 2.45) is 5.92 Å². The number of halogens is 1. The second kappa shape index (κ2) is 16.2. The maximum absolute atomic E-state index is 11.9. The molecule has 0 spiro atoms. The SMILES string of the molecule is C=C(C)/C=C\C(/C=C\C(=C)Cl)=C(C)C.CC(=O)c1ccccc1C(C)CC(=O)CCC(C)C. The molecule has 1 aromatic carbocycles. The third kappa shape index (κ3) is 14.3. The Balaban J connectivity index is 0.000000653. The summed E-state index contributed by atoms with van der Waals surface area (Å²) in [5, 5.41) is 0.535. The molecule has 1 rings (SSSR count). The summed E-state index contributed by atoms with van der Waals surface area (Å²) < 4.78 is 0. The van der Waals surface area contributed by atoms with Gasteiger partial charge in [0, 0.05) is 23.4 Å². The molecule has 2 nitrogen and oxygen atoms in total. The molecule has 0 aliphatic heterocycles. The molecule has 3 heteroatoms. The summed E-state index contributed by atoms with van der Waals surface area (Å²) in [4.78, 5) is 23.5. The zero-order valence-electron chi connectivity index (χ0n) is 21.5. The number of carbonyl (C=O) groups excluding carboxylic acids is 2. The van der Waals surface area contributed by atoms with Gasteiger partial charge in [-0.15, -0.1) is 0 Å². The molecular formula is C30H41ClO2. The average molecular weight is 469 g/mol. The first-order chi connectivity index (χ1) is 15.3. The highest BCUT2D eigenvalue weighted by Gasteiger charge is 2.16. The summed E-state index contributed by atoms with van der Waals surface area (Å²) >= 11 is 5.64. The van der Waals surface area contributed by atoms with Crippen LogP contribution >= 0.6 is 11.6 Å². The van der Waals surface area contributed by atoms with E-state index in [9.17, 15) is 9.59 Å². The van der Waals surface area contributed by atoms with Crippen molar-refractivity contribution in [3.8, 4) is 0 Å². The Hall–Kier alpha value is -2.45. The minimum atomic E-state index is 0.0667. The predicted octanol–water partition coefficient (Wildman–Crippen LogP) is 9.15. The van der Waals surface area contributed by atoms with Gasteiger partial charge in [-0.2, -0.15) is 0 Å². The molecule has 1 atom stereocenters. The van der Waals surface area contributed by atoms with Gasteiger partial charge in [-0.3, -0.25) is 9.59 Å². The summed E-state index contributed by atoms with van der Waals surface area (Å²) in [6, 6.07) is 7.59. The van der Waals surface area contributed by atoms with Gasteiger partial charge in [0.2, 0.25) is 0 Å². The van der Waals surface area contributed by atoms with Crippen LogP contribution in [-0.2, 0) is 4.79 Å². The van der Waals surface area contributed by atoms with Gasteiger partial charge in [-0.1, -0.05) is 99.2 Å². The fourth-order valence-electron chi connectivity index (χ4n) is 3.05. The Labute approximate surface area is 206 Å². The van der Waals surface area contributed by atoms with Gasteiger partial charge in [-0.05, 0) is 63.2 Å². The fourth-order valence-corrected chi connectivity index (χ4v) is 3.11. The Morgan fingerprint density at radius 3 is 2.00 bits per heavy atom. The van der Waals surface area contributed by atoms with Crippen molar-refractivity contribution in [3.63, 3.8) is 0 Å². The quantitative estimate of drug-likeness (QED) is 0.239. The van der Waals surface area contributed by atoms with Crippen LogP contribution < -0.4 is 0 Å². The fraction of sp³-hybridized carbons (Fsp3) is 0.400. The van der Waals surface area contributed by atoms with Crippen molar-refractivity contribution in [2.45, 2.75) is 73.6 Å². The molecule has 33 heavy (non-hydrogen) atoms. The van der Waals surface area contributed by atoms with Crippen molar-refractivity contribution < 1.29 is 9.59 Å². The lowest BCUT2D eigenvalue weighted by atomic mass is 9.89. The molecule has 0 N–H and O–H groups in total. The molecule has 1 unspecified atom stereocenters. The molecule has 0 heterocycles. The van der Waals surface area contributed by atoms with Crippen LogP contribution in [0.15, 0.2) is 83.5 Å². The monoisotopic (exact) mass is 468 g/mol. The Morgan fingerprint density at radius 2 is 1.52 bits per heavy atom. The number of benzene rings is 1. The van der Waals surface area contributed by atoms with E-state index in [2.05, 4.69) is 40.9 Å². The summed E-state index contributed by atoms with van der Waals surface area (Å²) in [6.45, 7) is 21.3. The molecule has 1 aromatic rings. The van der Waals surface area contributed by atoms with Crippen LogP contribution in [0.25, 0.3) is 0 Å². The number of hydrogen-bond acceptors (Lipinski definition) is 2. The number of allylic oxidation sites excluding steroid dienone is 8. The molecule has 0 aromatic heterocycles. The van der Waals surface area contributed by atoms with Crippen LogP contribution in [0.1, 0.15) is 89.6 Å². The first-order valence-electron chi connectivity index (χ1n) is 11.5. The van der Waals surface area contributed by atoms with E-state index in [1.165, 1.54) is 5.57 Å². The molecule has 0 radical (unpaired) electrons. The number of Topliss-reactive ketones (excluding diaryl/α,β-unsaturated/α-hetero) is 2. The highest BCUT2D eigenvalue weighted by Crippen LogP contribution is 2.24. The third-order valence-corrected chi connectivity index (χ3v) is 5.10. The maximum Gasteiger partial charge on any atom is 0.160 e. The molecule has 0 aliphatic rings. The highest BCUT2D eigenvalue weighted by atomic mass is 35.5. The first kappa shape index (κ1) is 30.6. The molecule has 0 fully saturated rings. The zero-order valence-corrected chi connectivity index (χ0v) is 22.3. The molecule has 0 aliphatic carbocycles. The zero-order chi connectivity index (χ0) is 25.6. The smallest absolute Gasteiger partial charge is 0.160 e. The van der Waals surface area contributed by atoms with E-state index < -0.39 is 0 Å². The van der Waals surface area contributed by atoms with Gasteiger partial charge in [0.1, 0.15) is 5.78 Å². The van der Waals surface area contributed by atoms with Crippen LogP contribution in [0.4, 0.5) is 0 Å². The summed E-state index contributed by atoms with van der Waals surface area (Å²) in [7, 11) is 0. The highest BCUT2D eigenvalue weighted by molar-refractivity contribution is 6.30. The van der Waals surface area contributed by atoms with Crippen molar-refractivity contribution in [1.29, 1.82) is 0 Å². The largest absolute Gasteiger partial charge is 0.300 e. The average Bonchev–Trinajstić information content (AvgIpc) is 2.72. The third-order valence-electron chi connectivity index (χ3n) is 4.97. The number of carbonyl (C=O) groups is 2. The van der Waals surface area contributed by atoms with E-state index in [-0.39, 0.29) is 11.7 Å². The topological polar surface area (TPSA) is 34.1 Å². The molecule has 0 saturated heterocycles. The van der Waals surface area contributed by atoms with E-state index in [1.807, 2.05) is 56.3 Å². The van der Waals surface area contributed by atoms with Crippen molar-refractivity contribution in [1.82, 2.24) is 0 Å². The molecule has 180 valence electrons.